The Hall–Kier alpha value is -2.71. The minimum Gasteiger partial charge on any atom is -0.463 e. The molecule has 3 heterocycles. The van der Waals surface area contributed by atoms with Crippen molar-refractivity contribution in [2.75, 3.05) is 6.61 Å². The number of hydrogen-bond acceptors (Lipinski definition) is 6. The SMILES string of the molecule is CCOC(=O)C1=C(C)N=c2s/c(=C\c3ccc(Br)o3)c(=O)n2[C@H]1c1ccc(C)cc1. The number of benzene rings is 1. The van der Waals surface area contributed by atoms with Crippen LogP contribution >= 0.6 is 27.3 Å². The van der Waals surface area contributed by atoms with Gasteiger partial charge in [-0.1, -0.05) is 41.2 Å². The van der Waals surface area contributed by atoms with Crippen LogP contribution in [0.2, 0.25) is 0 Å². The lowest BCUT2D eigenvalue weighted by atomic mass is 9.95. The molecule has 4 rings (SSSR count). The summed E-state index contributed by atoms with van der Waals surface area (Å²) in [4.78, 5) is 31.3. The van der Waals surface area contributed by atoms with Crippen LogP contribution in [-0.2, 0) is 9.53 Å². The molecule has 0 unspecified atom stereocenters. The van der Waals surface area contributed by atoms with Crippen LogP contribution in [-0.4, -0.2) is 17.1 Å². The van der Waals surface area contributed by atoms with Crippen molar-refractivity contribution in [1.29, 1.82) is 0 Å². The molecule has 154 valence electrons. The monoisotopic (exact) mass is 486 g/mol. The van der Waals surface area contributed by atoms with Crippen molar-refractivity contribution in [3.05, 3.63) is 88.9 Å². The van der Waals surface area contributed by atoms with Gasteiger partial charge in [0.15, 0.2) is 9.47 Å². The molecule has 0 fully saturated rings. The third kappa shape index (κ3) is 3.73. The molecule has 0 N–H and O–H groups in total. The van der Waals surface area contributed by atoms with Crippen LogP contribution in [0.4, 0.5) is 0 Å². The third-order valence-corrected chi connectivity index (χ3v) is 6.19. The third-order valence-electron chi connectivity index (χ3n) is 4.78. The van der Waals surface area contributed by atoms with Crippen LogP contribution in [0.25, 0.3) is 6.08 Å². The van der Waals surface area contributed by atoms with Crippen LogP contribution in [0.15, 0.2) is 66.5 Å². The van der Waals surface area contributed by atoms with E-state index in [1.54, 1.807) is 36.6 Å². The number of carbonyl (C=O) groups is 1. The maximum absolute atomic E-state index is 13.4. The summed E-state index contributed by atoms with van der Waals surface area (Å²) < 4.78 is 13.4. The normalized spacial score (nSPS) is 16.4. The van der Waals surface area contributed by atoms with Gasteiger partial charge in [0.05, 0.1) is 28.5 Å². The van der Waals surface area contributed by atoms with Crippen molar-refractivity contribution in [1.82, 2.24) is 4.57 Å². The van der Waals surface area contributed by atoms with Crippen LogP contribution in [0.3, 0.4) is 0 Å². The molecule has 3 aromatic rings. The van der Waals surface area contributed by atoms with Gasteiger partial charge >= 0.3 is 5.97 Å². The number of halogens is 1. The molecule has 2 aromatic heterocycles. The molecule has 30 heavy (non-hydrogen) atoms. The second kappa shape index (κ2) is 8.20. The number of ether oxygens (including phenoxy) is 1. The maximum Gasteiger partial charge on any atom is 0.338 e. The fourth-order valence-electron chi connectivity index (χ4n) is 3.39. The largest absolute Gasteiger partial charge is 0.463 e. The summed E-state index contributed by atoms with van der Waals surface area (Å²) in [7, 11) is 0. The van der Waals surface area contributed by atoms with Gasteiger partial charge in [0.1, 0.15) is 5.76 Å². The molecule has 0 saturated heterocycles. The fraction of sp³-hybridized carbons (Fsp3) is 0.227. The van der Waals surface area contributed by atoms with Gasteiger partial charge in [0.2, 0.25) is 0 Å². The van der Waals surface area contributed by atoms with E-state index in [-0.39, 0.29) is 12.2 Å². The van der Waals surface area contributed by atoms with E-state index in [1.165, 1.54) is 11.3 Å². The Balaban J connectivity index is 1.96. The van der Waals surface area contributed by atoms with Gasteiger partial charge in [-0.15, -0.1) is 0 Å². The van der Waals surface area contributed by atoms with Gasteiger partial charge in [-0.2, -0.15) is 0 Å². The Bertz CT molecular complexity index is 1330. The van der Waals surface area contributed by atoms with E-state index in [4.69, 9.17) is 9.15 Å². The Kier molecular flexibility index (Phi) is 5.62. The predicted octanol–water partition coefficient (Wildman–Crippen LogP) is 3.46. The molecule has 0 spiro atoms. The molecule has 0 bridgehead atoms. The van der Waals surface area contributed by atoms with Crippen LogP contribution in [0, 0.1) is 6.92 Å². The highest BCUT2D eigenvalue weighted by Gasteiger charge is 2.33. The molecule has 1 aliphatic rings. The molecule has 0 saturated carbocycles. The lowest BCUT2D eigenvalue weighted by Gasteiger charge is -2.24. The zero-order chi connectivity index (χ0) is 21.4. The summed E-state index contributed by atoms with van der Waals surface area (Å²) >= 11 is 4.54. The first-order valence-electron chi connectivity index (χ1n) is 9.40. The van der Waals surface area contributed by atoms with Crippen molar-refractivity contribution in [2.45, 2.75) is 26.8 Å². The van der Waals surface area contributed by atoms with E-state index < -0.39 is 12.0 Å². The highest BCUT2D eigenvalue weighted by Crippen LogP contribution is 2.30. The zero-order valence-electron chi connectivity index (χ0n) is 16.6. The molecule has 8 heteroatoms. The summed E-state index contributed by atoms with van der Waals surface area (Å²) in [5.41, 5.74) is 2.61. The first-order chi connectivity index (χ1) is 14.4. The van der Waals surface area contributed by atoms with E-state index in [1.807, 2.05) is 31.2 Å². The van der Waals surface area contributed by atoms with E-state index in [0.29, 0.717) is 31.0 Å². The minimum atomic E-state index is -0.605. The lowest BCUT2D eigenvalue weighted by Crippen LogP contribution is -2.39. The zero-order valence-corrected chi connectivity index (χ0v) is 19.0. The predicted molar refractivity (Wildman–Crippen MR) is 118 cm³/mol. The number of aromatic nitrogens is 1. The first kappa shape index (κ1) is 20.6. The standard InChI is InChI=1S/C22H19BrN2O4S/c1-4-28-21(27)18-13(3)24-22-25(19(18)14-7-5-12(2)6-8-14)20(26)16(30-22)11-15-9-10-17(23)29-15/h5-11,19H,4H2,1-3H3/b16-11-/t19-/m0/s1. The van der Waals surface area contributed by atoms with Crippen LogP contribution < -0.4 is 14.9 Å². The van der Waals surface area contributed by atoms with Gasteiger partial charge in [0, 0.05) is 6.08 Å². The highest BCUT2D eigenvalue weighted by atomic mass is 79.9. The second-order valence-electron chi connectivity index (χ2n) is 6.85. The van der Waals surface area contributed by atoms with E-state index in [9.17, 15) is 9.59 Å². The number of hydrogen-bond donors (Lipinski definition) is 0. The number of allylic oxidation sites excluding steroid dienone is 1. The second-order valence-corrected chi connectivity index (χ2v) is 8.65. The fourth-order valence-corrected chi connectivity index (χ4v) is 4.74. The number of thiazole rings is 1. The van der Waals surface area contributed by atoms with Gasteiger partial charge in [0.25, 0.3) is 5.56 Å². The molecule has 6 nitrogen and oxygen atoms in total. The van der Waals surface area contributed by atoms with Gasteiger partial charge in [-0.05, 0) is 54.4 Å². The lowest BCUT2D eigenvalue weighted by molar-refractivity contribution is -0.139. The molecular formula is C22H19BrN2O4S. The Morgan fingerprint density at radius 3 is 2.63 bits per heavy atom. The summed E-state index contributed by atoms with van der Waals surface area (Å²) in [6.45, 7) is 5.76. The Morgan fingerprint density at radius 2 is 2.00 bits per heavy atom. The highest BCUT2D eigenvalue weighted by molar-refractivity contribution is 9.10. The average Bonchev–Trinajstić information content (AvgIpc) is 3.24. The number of carbonyl (C=O) groups excluding carboxylic acids is 1. The molecule has 0 radical (unpaired) electrons. The van der Waals surface area contributed by atoms with Crippen LogP contribution in [0.5, 0.6) is 0 Å². The quantitative estimate of drug-likeness (QED) is 0.529. The molecular weight excluding hydrogens is 468 g/mol. The van der Waals surface area contributed by atoms with Gasteiger partial charge < -0.3 is 9.15 Å². The minimum absolute atomic E-state index is 0.230. The van der Waals surface area contributed by atoms with Crippen LogP contribution in [0.1, 0.15) is 36.8 Å². The number of furan rings is 1. The van der Waals surface area contributed by atoms with E-state index in [0.717, 1.165) is 11.1 Å². The number of aryl methyl sites for hydroxylation is 1. The Labute approximate surface area is 185 Å². The van der Waals surface area contributed by atoms with Crippen molar-refractivity contribution in [3.8, 4) is 0 Å². The van der Waals surface area contributed by atoms with E-state index >= 15 is 0 Å². The topological polar surface area (TPSA) is 73.8 Å². The molecule has 0 aliphatic carbocycles. The summed E-state index contributed by atoms with van der Waals surface area (Å²) in [5, 5.41) is 0. The molecule has 1 aromatic carbocycles. The van der Waals surface area contributed by atoms with Crippen molar-refractivity contribution >= 4 is 39.3 Å². The number of esters is 1. The smallest absolute Gasteiger partial charge is 0.338 e. The van der Waals surface area contributed by atoms with Crippen molar-refractivity contribution < 1.29 is 13.9 Å². The van der Waals surface area contributed by atoms with Crippen molar-refractivity contribution in [3.63, 3.8) is 0 Å². The van der Waals surface area contributed by atoms with Gasteiger partial charge in [-0.25, -0.2) is 9.79 Å². The average molecular weight is 487 g/mol. The molecule has 1 aliphatic heterocycles. The van der Waals surface area contributed by atoms with Crippen molar-refractivity contribution in [2.24, 2.45) is 4.99 Å². The summed E-state index contributed by atoms with van der Waals surface area (Å²) in [6.07, 6.45) is 1.68. The maximum atomic E-state index is 13.4. The molecule has 0 amide bonds. The van der Waals surface area contributed by atoms with Gasteiger partial charge in [-0.3, -0.25) is 9.36 Å². The number of rotatable bonds is 4. The first-order valence-corrected chi connectivity index (χ1v) is 11.0. The number of nitrogens with zero attached hydrogens (tertiary/aromatic N) is 2. The Morgan fingerprint density at radius 1 is 1.27 bits per heavy atom. The summed E-state index contributed by atoms with van der Waals surface area (Å²) in [6, 6.07) is 10.7. The molecule has 1 atom stereocenters. The number of fused-ring (bicyclic) bond motifs is 1. The van der Waals surface area contributed by atoms with E-state index in [2.05, 4.69) is 20.9 Å². The summed E-state index contributed by atoms with van der Waals surface area (Å²) in [5.74, 6) is 0.0916.